The van der Waals surface area contributed by atoms with Crippen molar-refractivity contribution in [3.8, 4) is 5.75 Å². The molecule has 0 spiro atoms. The normalized spacial score (nSPS) is 25.4. The molecule has 0 fully saturated rings. The standard InChI is InChI=1S/C20H30ClN3O3/c1-13(2)18-20(26)22-14(3)6-4-5-11-27-16-9-7-15(8-10-16)12-17(24-21)19(25)23-18/h7-10,13-14,17-18,24H,4-6,11-12H2,1-3H3,(H,22,26)(H,23,25)/t14-,17+,18+/m1/s1. The van der Waals surface area contributed by atoms with Crippen molar-refractivity contribution in [2.24, 2.45) is 5.92 Å². The van der Waals surface area contributed by atoms with Gasteiger partial charge in [-0.25, -0.2) is 4.84 Å². The Morgan fingerprint density at radius 3 is 2.44 bits per heavy atom. The molecule has 1 aromatic rings. The lowest BCUT2D eigenvalue weighted by Crippen LogP contribution is -2.55. The van der Waals surface area contributed by atoms with Gasteiger partial charge in [0.25, 0.3) is 0 Å². The van der Waals surface area contributed by atoms with Crippen molar-refractivity contribution in [2.45, 2.75) is 64.6 Å². The molecule has 0 radical (unpaired) electrons. The lowest BCUT2D eigenvalue weighted by Gasteiger charge is -2.26. The predicted octanol–water partition coefficient (Wildman–Crippen LogP) is 2.55. The first kappa shape index (κ1) is 21.5. The molecule has 2 heterocycles. The molecule has 0 aliphatic carbocycles. The molecular weight excluding hydrogens is 366 g/mol. The fourth-order valence-corrected chi connectivity index (χ4v) is 3.25. The number of halogens is 1. The van der Waals surface area contributed by atoms with Crippen molar-refractivity contribution in [1.82, 2.24) is 15.5 Å². The minimum absolute atomic E-state index is 0.0344. The number of amides is 2. The van der Waals surface area contributed by atoms with Gasteiger partial charge >= 0.3 is 0 Å². The Hall–Kier alpha value is -1.79. The van der Waals surface area contributed by atoms with E-state index in [0.29, 0.717) is 13.0 Å². The smallest absolute Gasteiger partial charge is 0.243 e. The van der Waals surface area contributed by atoms with Gasteiger partial charge in [-0.15, -0.1) is 0 Å². The van der Waals surface area contributed by atoms with Gasteiger partial charge in [0.15, 0.2) is 0 Å². The Kier molecular flexibility index (Phi) is 8.38. The van der Waals surface area contributed by atoms with Crippen molar-refractivity contribution in [1.29, 1.82) is 0 Å². The van der Waals surface area contributed by atoms with E-state index in [2.05, 4.69) is 15.5 Å². The Balaban J connectivity index is 2.19. The summed E-state index contributed by atoms with van der Waals surface area (Å²) in [5.74, 6) is 0.316. The highest BCUT2D eigenvalue weighted by atomic mass is 35.5. The van der Waals surface area contributed by atoms with E-state index >= 15 is 0 Å². The fourth-order valence-electron chi connectivity index (χ4n) is 3.07. The van der Waals surface area contributed by atoms with Crippen LogP contribution in [0.4, 0.5) is 0 Å². The Morgan fingerprint density at radius 1 is 1.11 bits per heavy atom. The minimum atomic E-state index is -0.638. The Labute approximate surface area is 166 Å². The first-order chi connectivity index (χ1) is 12.9. The minimum Gasteiger partial charge on any atom is -0.494 e. The van der Waals surface area contributed by atoms with Crippen LogP contribution in [0.2, 0.25) is 0 Å². The summed E-state index contributed by atoms with van der Waals surface area (Å²) in [6, 6.07) is 6.46. The topological polar surface area (TPSA) is 79.5 Å². The van der Waals surface area contributed by atoms with Crippen molar-refractivity contribution in [2.75, 3.05) is 6.61 Å². The zero-order valence-electron chi connectivity index (χ0n) is 16.3. The fraction of sp³-hybridized carbons (Fsp3) is 0.600. The molecule has 2 bridgehead atoms. The van der Waals surface area contributed by atoms with Gasteiger partial charge in [-0.2, -0.15) is 0 Å². The van der Waals surface area contributed by atoms with Crippen LogP contribution in [-0.4, -0.2) is 36.5 Å². The number of nitrogens with one attached hydrogen (secondary N) is 3. The van der Waals surface area contributed by atoms with Crippen LogP contribution >= 0.6 is 11.8 Å². The number of fused-ring (bicyclic) bond motifs is 14. The largest absolute Gasteiger partial charge is 0.494 e. The summed E-state index contributed by atoms with van der Waals surface area (Å²) in [5, 5.41) is 5.86. The summed E-state index contributed by atoms with van der Waals surface area (Å²) in [5.41, 5.74) is 0.958. The van der Waals surface area contributed by atoms with Crippen LogP contribution in [0.5, 0.6) is 5.75 Å². The van der Waals surface area contributed by atoms with Gasteiger partial charge in [0.2, 0.25) is 11.8 Å². The van der Waals surface area contributed by atoms with Gasteiger partial charge in [-0.3, -0.25) is 9.59 Å². The summed E-state index contributed by atoms with van der Waals surface area (Å²) in [4.78, 5) is 27.9. The molecule has 0 unspecified atom stereocenters. The van der Waals surface area contributed by atoms with Gasteiger partial charge in [-0.05, 0) is 68.0 Å². The molecule has 150 valence electrons. The van der Waals surface area contributed by atoms with E-state index in [9.17, 15) is 9.59 Å². The van der Waals surface area contributed by atoms with Gasteiger partial charge in [-0.1, -0.05) is 26.0 Å². The van der Waals surface area contributed by atoms with Crippen molar-refractivity contribution < 1.29 is 14.3 Å². The van der Waals surface area contributed by atoms with Crippen LogP contribution in [0, 0.1) is 5.92 Å². The highest BCUT2D eigenvalue weighted by Crippen LogP contribution is 2.15. The molecule has 6 nitrogen and oxygen atoms in total. The van der Waals surface area contributed by atoms with Gasteiger partial charge < -0.3 is 15.4 Å². The molecular formula is C20H30ClN3O3. The average molecular weight is 396 g/mol. The third-order valence-corrected chi connectivity index (χ3v) is 5.01. The number of benzene rings is 1. The number of carbonyl (C=O) groups excluding carboxylic acids is 2. The van der Waals surface area contributed by atoms with Crippen molar-refractivity contribution in [3.05, 3.63) is 29.8 Å². The summed E-state index contributed by atoms with van der Waals surface area (Å²) in [6.45, 7) is 6.45. The molecule has 0 aromatic heterocycles. The van der Waals surface area contributed by atoms with E-state index in [1.54, 1.807) is 0 Å². The van der Waals surface area contributed by atoms with E-state index < -0.39 is 12.1 Å². The molecule has 7 heteroatoms. The van der Waals surface area contributed by atoms with Gasteiger partial charge in [0.1, 0.15) is 17.8 Å². The van der Waals surface area contributed by atoms with Crippen LogP contribution in [0.15, 0.2) is 24.3 Å². The van der Waals surface area contributed by atoms with E-state index in [0.717, 1.165) is 30.6 Å². The monoisotopic (exact) mass is 395 g/mol. The second-order valence-electron chi connectivity index (χ2n) is 7.49. The maximum Gasteiger partial charge on any atom is 0.243 e. The first-order valence-corrected chi connectivity index (χ1v) is 9.97. The van der Waals surface area contributed by atoms with Crippen LogP contribution in [-0.2, 0) is 16.0 Å². The van der Waals surface area contributed by atoms with Crippen LogP contribution in [0.1, 0.15) is 45.6 Å². The van der Waals surface area contributed by atoms with Crippen molar-refractivity contribution >= 4 is 23.6 Å². The lowest BCUT2D eigenvalue weighted by atomic mass is 10.0. The Morgan fingerprint density at radius 2 is 1.81 bits per heavy atom. The summed E-state index contributed by atoms with van der Waals surface area (Å²) < 4.78 is 5.76. The number of rotatable bonds is 2. The highest BCUT2D eigenvalue weighted by Gasteiger charge is 2.28. The maximum absolute atomic E-state index is 12.7. The molecule has 0 saturated heterocycles. The second kappa shape index (κ2) is 10.5. The third kappa shape index (κ3) is 6.70. The third-order valence-electron chi connectivity index (χ3n) is 4.75. The van der Waals surface area contributed by atoms with Gasteiger partial charge in [0, 0.05) is 6.04 Å². The molecule has 2 amide bonds. The quantitative estimate of drug-likeness (QED) is 0.672. The predicted molar refractivity (Wildman–Crippen MR) is 107 cm³/mol. The van der Waals surface area contributed by atoms with E-state index in [-0.39, 0.29) is 23.8 Å². The summed E-state index contributed by atoms with van der Waals surface area (Å²) >= 11 is 5.81. The SMILES string of the molecule is CC(C)[C@@H]1NC(=O)[C@@H](NCl)Cc2ccc(cc2)OCCCC[C@@H](C)NC1=O. The number of hydrogen-bond acceptors (Lipinski definition) is 4. The van der Waals surface area contributed by atoms with Crippen LogP contribution in [0.3, 0.4) is 0 Å². The van der Waals surface area contributed by atoms with E-state index in [4.69, 9.17) is 16.5 Å². The summed E-state index contributed by atoms with van der Waals surface area (Å²) in [7, 11) is 0. The molecule has 3 rings (SSSR count). The molecule has 27 heavy (non-hydrogen) atoms. The van der Waals surface area contributed by atoms with Crippen LogP contribution < -0.4 is 20.2 Å². The Bertz CT molecular complexity index is 621. The molecule has 0 saturated carbocycles. The first-order valence-electron chi connectivity index (χ1n) is 9.59. The zero-order chi connectivity index (χ0) is 19.8. The molecule has 1 aromatic carbocycles. The lowest BCUT2D eigenvalue weighted by molar-refractivity contribution is -0.131. The average Bonchev–Trinajstić information content (AvgIpc) is 2.63. The van der Waals surface area contributed by atoms with Crippen molar-refractivity contribution in [3.63, 3.8) is 0 Å². The summed E-state index contributed by atoms with van der Waals surface area (Å²) in [6.07, 6.45) is 3.15. The highest BCUT2D eigenvalue weighted by molar-refractivity contribution is 6.15. The number of ether oxygens (including phenoxy) is 1. The number of hydrogen-bond donors (Lipinski definition) is 3. The second-order valence-corrected chi connectivity index (χ2v) is 7.71. The number of carbonyl (C=O) groups is 2. The maximum atomic E-state index is 12.7. The van der Waals surface area contributed by atoms with Gasteiger partial charge in [0.05, 0.1) is 6.61 Å². The molecule has 2 aliphatic rings. The zero-order valence-corrected chi connectivity index (χ0v) is 17.0. The molecule has 2 aliphatic heterocycles. The van der Waals surface area contributed by atoms with E-state index in [1.807, 2.05) is 45.0 Å². The molecule has 3 atom stereocenters. The molecule has 3 N–H and O–H groups in total. The van der Waals surface area contributed by atoms with Crippen LogP contribution in [0.25, 0.3) is 0 Å². The van der Waals surface area contributed by atoms with E-state index in [1.165, 1.54) is 0 Å².